The van der Waals surface area contributed by atoms with Crippen molar-refractivity contribution in [2.24, 2.45) is 5.16 Å². The van der Waals surface area contributed by atoms with Crippen LogP contribution in [0.1, 0.15) is 21.5 Å². The first kappa shape index (κ1) is 21.8. The summed E-state index contributed by atoms with van der Waals surface area (Å²) in [5.41, 5.74) is 1.23. The minimum atomic E-state index is -0.590. The van der Waals surface area contributed by atoms with Crippen LogP contribution in [0.2, 0.25) is 5.02 Å². The van der Waals surface area contributed by atoms with E-state index < -0.39 is 11.8 Å². The second-order valence-electron chi connectivity index (χ2n) is 5.99. The van der Waals surface area contributed by atoms with Gasteiger partial charge >= 0.3 is 5.97 Å². The van der Waals surface area contributed by atoms with E-state index in [1.165, 1.54) is 25.5 Å². The standard InChI is InChI=1S/C22H16BrClFNO4/c1-28-21-11-14(12-26-30-22(27)15-5-2-3-6-17(15)23)9-10-20(21)29-13-16-18(24)7-4-8-19(16)25/h2-12H,13H2,1H3. The molecule has 0 aliphatic heterocycles. The number of hydrogen-bond donors (Lipinski definition) is 0. The normalized spacial score (nSPS) is 10.8. The maximum absolute atomic E-state index is 13.9. The summed E-state index contributed by atoms with van der Waals surface area (Å²) in [7, 11) is 1.48. The van der Waals surface area contributed by atoms with E-state index in [4.69, 9.17) is 25.9 Å². The maximum Gasteiger partial charge on any atom is 0.366 e. The number of rotatable bonds is 7. The third-order valence-electron chi connectivity index (χ3n) is 4.05. The summed E-state index contributed by atoms with van der Waals surface area (Å²) >= 11 is 9.30. The highest BCUT2D eigenvalue weighted by Gasteiger charge is 2.12. The van der Waals surface area contributed by atoms with E-state index in [0.717, 1.165) is 0 Å². The van der Waals surface area contributed by atoms with Gasteiger partial charge in [0.05, 0.1) is 23.9 Å². The summed E-state index contributed by atoms with van der Waals surface area (Å²) in [5.74, 6) is -0.229. The number of carbonyl (C=O) groups is 1. The Morgan fingerprint density at radius 3 is 2.67 bits per heavy atom. The molecular formula is C22H16BrClFNO4. The van der Waals surface area contributed by atoms with Gasteiger partial charge in [-0.1, -0.05) is 35.0 Å². The highest BCUT2D eigenvalue weighted by Crippen LogP contribution is 2.30. The van der Waals surface area contributed by atoms with Crippen LogP contribution < -0.4 is 9.47 Å². The van der Waals surface area contributed by atoms with Gasteiger partial charge < -0.3 is 14.3 Å². The van der Waals surface area contributed by atoms with Crippen LogP contribution in [0.3, 0.4) is 0 Å². The van der Waals surface area contributed by atoms with Crippen molar-refractivity contribution in [3.63, 3.8) is 0 Å². The van der Waals surface area contributed by atoms with Crippen LogP contribution >= 0.6 is 27.5 Å². The summed E-state index contributed by atoms with van der Waals surface area (Å²) in [6.07, 6.45) is 1.37. The zero-order valence-electron chi connectivity index (χ0n) is 15.8. The predicted molar refractivity (Wildman–Crippen MR) is 116 cm³/mol. The van der Waals surface area contributed by atoms with E-state index in [1.54, 1.807) is 48.5 Å². The average molecular weight is 493 g/mol. The number of oxime groups is 1. The lowest BCUT2D eigenvalue weighted by molar-refractivity contribution is 0.0518. The van der Waals surface area contributed by atoms with E-state index >= 15 is 0 Å². The molecule has 5 nitrogen and oxygen atoms in total. The zero-order chi connectivity index (χ0) is 21.5. The van der Waals surface area contributed by atoms with Crippen LogP contribution in [0.5, 0.6) is 11.5 Å². The van der Waals surface area contributed by atoms with Gasteiger partial charge in [0, 0.05) is 15.6 Å². The van der Waals surface area contributed by atoms with E-state index in [0.29, 0.717) is 27.1 Å². The topological polar surface area (TPSA) is 57.1 Å². The van der Waals surface area contributed by atoms with Crippen LogP contribution in [-0.4, -0.2) is 19.3 Å². The Balaban J connectivity index is 1.67. The van der Waals surface area contributed by atoms with Gasteiger partial charge in [-0.3, -0.25) is 0 Å². The van der Waals surface area contributed by atoms with Gasteiger partial charge in [-0.2, -0.15) is 0 Å². The first-order valence-corrected chi connectivity index (χ1v) is 9.89. The molecule has 0 aliphatic carbocycles. The lowest BCUT2D eigenvalue weighted by atomic mass is 10.2. The van der Waals surface area contributed by atoms with Crippen LogP contribution in [0.25, 0.3) is 0 Å². The molecule has 3 rings (SSSR count). The minimum absolute atomic E-state index is 0.0567. The van der Waals surface area contributed by atoms with Gasteiger partial charge in [0.1, 0.15) is 12.4 Å². The molecule has 0 N–H and O–H groups in total. The quantitative estimate of drug-likeness (QED) is 0.230. The average Bonchev–Trinajstić information content (AvgIpc) is 2.74. The number of hydrogen-bond acceptors (Lipinski definition) is 5. The summed E-state index contributed by atoms with van der Waals surface area (Å²) in [6.45, 7) is -0.0567. The van der Waals surface area contributed by atoms with Crippen molar-refractivity contribution in [3.8, 4) is 11.5 Å². The molecule has 0 fully saturated rings. The Kier molecular flexibility index (Phi) is 7.43. The van der Waals surface area contributed by atoms with Crippen LogP contribution in [0, 0.1) is 5.82 Å². The fourth-order valence-electron chi connectivity index (χ4n) is 2.51. The lowest BCUT2D eigenvalue weighted by Gasteiger charge is -2.12. The van der Waals surface area contributed by atoms with Crippen molar-refractivity contribution in [3.05, 3.63) is 92.7 Å². The van der Waals surface area contributed by atoms with Gasteiger partial charge in [0.15, 0.2) is 11.5 Å². The predicted octanol–water partition coefficient (Wildman–Crippen LogP) is 6.02. The van der Waals surface area contributed by atoms with E-state index in [2.05, 4.69) is 21.1 Å². The zero-order valence-corrected chi connectivity index (χ0v) is 18.1. The Hall–Kier alpha value is -2.90. The van der Waals surface area contributed by atoms with Gasteiger partial charge in [-0.25, -0.2) is 9.18 Å². The summed E-state index contributed by atoms with van der Waals surface area (Å²) in [4.78, 5) is 17.0. The molecule has 3 aromatic rings. The highest BCUT2D eigenvalue weighted by molar-refractivity contribution is 9.10. The second-order valence-corrected chi connectivity index (χ2v) is 7.25. The molecule has 0 saturated heterocycles. The molecule has 8 heteroatoms. The van der Waals surface area contributed by atoms with E-state index in [1.807, 2.05) is 0 Å². The van der Waals surface area contributed by atoms with Gasteiger partial charge in [-0.15, -0.1) is 0 Å². The number of nitrogens with zero attached hydrogens (tertiary/aromatic N) is 1. The number of halogens is 3. The van der Waals surface area contributed by atoms with Crippen molar-refractivity contribution in [1.82, 2.24) is 0 Å². The fraction of sp³-hybridized carbons (Fsp3) is 0.0909. The Labute approximate surface area is 186 Å². The summed E-state index contributed by atoms with van der Waals surface area (Å²) in [5, 5.41) is 4.00. The third kappa shape index (κ3) is 5.37. The van der Waals surface area contributed by atoms with Gasteiger partial charge in [0.25, 0.3) is 0 Å². The Morgan fingerprint density at radius 2 is 1.93 bits per heavy atom. The second kappa shape index (κ2) is 10.2. The molecule has 0 radical (unpaired) electrons. The SMILES string of the molecule is COc1cc(C=NOC(=O)c2ccccc2Br)ccc1OCc1c(F)cccc1Cl. The van der Waals surface area contributed by atoms with Gasteiger partial charge in [0.2, 0.25) is 0 Å². The number of carbonyl (C=O) groups excluding carboxylic acids is 1. The molecule has 154 valence electrons. The largest absolute Gasteiger partial charge is 0.493 e. The molecule has 0 saturated carbocycles. The molecule has 0 amide bonds. The molecule has 0 spiro atoms. The molecule has 0 bridgehead atoms. The first-order chi connectivity index (χ1) is 14.5. The fourth-order valence-corrected chi connectivity index (χ4v) is 3.18. The van der Waals surface area contributed by atoms with Crippen LogP contribution in [-0.2, 0) is 11.4 Å². The molecule has 30 heavy (non-hydrogen) atoms. The number of methoxy groups -OCH3 is 1. The molecule has 0 unspecified atom stereocenters. The highest BCUT2D eigenvalue weighted by atomic mass is 79.9. The van der Waals surface area contributed by atoms with Crippen molar-refractivity contribution in [2.45, 2.75) is 6.61 Å². The molecule has 0 aliphatic rings. The molecule has 0 heterocycles. The lowest BCUT2D eigenvalue weighted by Crippen LogP contribution is -2.02. The minimum Gasteiger partial charge on any atom is -0.493 e. The van der Waals surface area contributed by atoms with E-state index in [-0.39, 0.29) is 17.2 Å². The van der Waals surface area contributed by atoms with E-state index in [9.17, 15) is 9.18 Å². The molecule has 0 atom stereocenters. The molecule has 3 aromatic carbocycles. The van der Waals surface area contributed by atoms with Crippen molar-refractivity contribution < 1.29 is 23.5 Å². The number of benzene rings is 3. The molecule has 0 aromatic heterocycles. The number of ether oxygens (including phenoxy) is 2. The monoisotopic (exact) mass is 491 g/mol. The summed E-state index contributed by atoms with van der Waals surface area (Å²) < 4.78 is 25.5. The van der Waals surface area contributed by atoms with Crippen LogP contribution in [0.4, 0.5) is 4.39 Å². The van der Waals surface area contributed by atoms with Crippen molar-refractivity contribution >= 4 is 39.7 Å². The van der Waals surface area contributed by atoms with Gasteiger partial charge in [-0.05, 0) is 58.4 Å². The van der Waals surface area contributed by atoms with Crippen molar-refractivity contribution in [2.75, 3.05) is 7.11 Å². The first-order valence-electron chi connectivity index (χ1n) is 8.72. The molecular weight excluding hydrogens is 477 g/mol. The summed E-state index contributed by atoms with van der Waals surface area (Å²) in [6, 6.07) is 16.3. The Morgan fingerprint density at radius 1 is 1.13 bits per heavy atom. The Bertz CT molecular complexity index is 1070. The maximum atomic E-state index is 13.9. The smallest absolute Gasteiger partial charge is 0.366 e. The van der Waals surface area contributed by atoms with Crippen LogP contribution in [0.15, 0.2) is 70.3 Å². The van der Waals surface area contributed by atoms with Crippen molar-refractivity contribution in [1.29, 1.82) is 0 Å². The third-order valence-corrected chi connectivity index (χ3v) is 5.10.